The fraction of sp³-hybridized carbons (Fsp3) is 0.660. The zero-order valence-corrected chi connectivity index (χ0v) is 34.5. The van der Waals surface area contributed by atoms with E-state index in [1.165, 1.54) is 37.7 Å². The van der Waals surface area contributed by atoms with Crippen molar-refractivity contribution in [2.24, 2.45) is 29.6 Å². The van der Waals surface area contributed by atoms with Crippen LogP contribution in [0.4, 0.5) is 18.9 Å². The van der Waals surface area contributed by atoms with E-state index in [1.807, 2.05) is 24.3 Å². The lowest BCUT2D eigenvalue weighted by atomic mass is 9.56. The Kier molecular flexibility index (Phi) is 12.9. The predicted molar refractivity (Wildman–Crippen MR) is 221 cm³/mol. The molecule has 316 valence electrons. The van der Waals surface area contributed by atoms with Gasteiger partial charge in [0.25, 0.3) is 5.92 Å². The Morgan fingerprint density at radius 2 is 1.50 bits per heavy atom. The van der Waals surface area contributed by atoms with Crippen LogP contribution in [0.1, 0.15) is 75.3 Å². The van der Waals surface area contributed by atoms with Crippen LogP contribution in [0.5, 0.6) is 0 Å². The number of benzene rings is 2. The molecule has 6 aliphatic rings. The lowest BCUT2D eigenvalue weighted by Crippen LogP contribution is -2.58. The number of alkyl halides is 2. The second-order valence-electron chi connectivity index (χ2n) is 18.5. The minimum absolute atomic E-state index is 0.0200. The first-order valence-corrected chi connectivity index (χ1v) is 22.3. The normalized spacial score (nSPS) is 25.7. The molecule has 5 saturated heterocycles. The van der Waals surface area contributed by atoms with Crippen molar-refractivity contribution in [3.05, 3.63) is 77.6 Å². The summed E-state index contributed by atoms with van der Waals surface area (Å²) in [5.41, 5.74) is 1.88. The van der Waals surface area contributed by atoms with Gasteiger partial charge in [0.1, 0.15) is 5.82 Å². The smallest absolute Gasteiger partial charge is 0.305 e. The van der Waals surface area contributed by atoms with Crippen molar-refractivity contribution in [2.75, 3.05) is 97.1 Å². The van der Waals surface area contributed by atoms with Gasteiger partial charge >= 0.3 is 5.97 Å². The molecule has 0 bridgehead atoms. The van der Waals surface area contributed by atoms with Crippen LogP contribution < -0.4 is 4.90 Å². The van der Waals surface area contributed by atoms with E-state index in [0.29, 0.717) is 24.2 Å². The Bertz CT molecular complexity index is 1730. The van der Waals surface area contributed by atoms with Gasteiger partial charge in [-0.05, 0) is 132 Å². The first-order chi connectivity index (χ1) is 28.1. The number of carbonyl (C=O) groups is 2. The summed E-state index contributed by atoms with van der Waals surface area (Å²) < 4.78 is 51.3. The topological polar surface area (TPSA) is 59.6 Å². The Labute approximate surface area is 343 Å². The maximum absolute atomic E-state index is 15.5. The fourth-order valence-corrected chi connectivity index (χ4v) is 11.5. The largest absolute Gasteiger partial charge is 0.469 e. The van der Waals surface area contributed by atoms with Crippen molar-refractivity contribution in [3.63, 3.8) is 0 Å². The van der Waals surface area contributed by atoms with Gasteiger partial charge in [-0.25, -0.2) is 13.2 Å². The quantitative estimate of drug-likeness (QED) is 0.140. The molecule has 0 unspecified atom stereocenters. The van der Waals surface area contributed by atoms with E-state index < -0.39 is 11.8 Å². The second kappa shape index (κ2) is 18.1. The van der Waals surface area contributed by atoms with Crippen LogP contribution in [0.3, 0.4) is 0 Å². The van der Waals surface area contributed by atoms with Crippen molar-refractivity contribution in [3.8, 4) is 0 Å². The number of rotatable bonds is 15. The third-order valence-corrected chi connectivity index (χ3v) is 15.0. The van der Waals surface area contributed by atoms with Crippen LogP contribution in [0, 0.1) is 35.4 Å². The van der Waals surface area contributed by atoms with Gasteiger partial charge < -0.3 is 24.3 Å². The molecule has 1 amide bonds. The van der Waals surface area contributed by atoms with Gasteiger partial charge in [-0.2, -0.15) is 0 Å². The molecule has 0 radical (unpaired) electrons. The van der Waals surface area contributed by atoms with E-state index in [9.17, 15) is 9.59 Å². The monoisotopic (exact) mass is 803 g/mol. The van der Waals surface area contributed by atoms with Crippen molar-refractivity contribution in [1.29, 1.82) is 0 Å². The molecule has 0 aromatic heterocycles. The molecule has 0 N–H and O–H groups in total. The summed E-state index contributed by atoms with van der Waals surface area (Å²) in [6, 6.07) is 14.2. The fourth-order valence-electron chi connectivity index (χ4n) is 11.5. The average molecular weight is 804 g/mol. The molecular weight excluding hydrogens is 740 g/mol. The summed E-state index contributed by atoms with van der Waals surface area (Å²) in [4.78, 5) is 36.5. The van der Waals surface area contributed by atoms with Crippen LogP contribution >= 0.6 is 0 Å². The van der Waals surface area contributed by atoms with Gasteiger partial charge in [-0.3, -0.25) is 14.5 Å². The van der Waals surface area contributed by atoms with E-state index >= 15 is 13.2 Å². The minimum Gasteiger partial charge on any atom is -0.469 e. The summed E-state index contributed by atoms with van der Waals surface area (Å²) in [5, 5.41) is 0. The van der Waals surface area contributed by atoms with Gasteiger partial charge in [-0.15, -0.1) is 0 Å². The molecule has 8 nitrogen and oxygen atoms in total. The molecule has 0 spiro atoms. The van der Waals surface area contributed by atoms with E-state index in [4.69, 9.17) is 4.74 Å². The second-order valence-corrected chi connectivity index (χ2v) is 18.5. The third kappa shape index (κ3) is 8.87. The Hall–Kier alpha value is -3.41. The number of halogens is 3. The number of hydrogen-bond acceptors (Lipinski definition) is 7. The van der Waals surface area contributed by atoms with Crippen molar-refractivity contribution >= 4 is 17.6 Å². The average Bonchev–Trinajstić information content (AvgIpc) is 3.64. The molecule has 1 aliphatic carbocycles. The third-order valence-electron chi connectivity index (χ3n) is 15.0. The molecule has 2 aromatic carbocycles. The summed E-state index contributed by atoms with van der Waals surface area (Å²) in [6.07, 6.45) is 13.9. The highest BCUT2D eigenvalue weighted by atomic mass is 19.3. The predicted octanol–water partition coefficient (Wildman–Crippen LogP) is 7.19. The van der Waals surface area contributed by atoms with Crippen LogP contribution in [0.25, 0.3) is 0 Å². The standard InChI is InChI=1S/C47H64F3N5O3/c1-58-45(57)27-36-9-5-12-43(36)46(34-53-23-8-24-53,39-10-6-11-41(48)28-39)37-18-25-52(26-19-37)29-35-30-54(31-35)42-16-14-38(15-17-42)47(49,50)40-32-55(33-40)44(56)13-7-22-51-20-3-2-4-21-51/h6-7,10-11,13-17,28,35-37,40,43H,2-5,8-9,12,18-27,29-34H2,1H3/b13-7+/t36-,43+,46+/m1/s1. The lowest BCUT2D eigenvalue weighted by molar-refractivity contribution is -0.151. The number of ether oxygens (including phenoxy) is 1. The first kappa shape index (κ1) is 41.3. The highest BCUT2D eigenvalue weighted by Gasteiger charge is 2.53. The van der Waals surface area contributed by atoms with Crippen molar-refractivity contribution in [1.82, 2.24) is 19.6 Å². The van der Waals surface area contributed by atoms with Crippen molar-refractivity contribution < 1.29 is 27.5 Å². The summed E-state index contributed by atoms with van der Waals surface area (Å²) in [7, 11) is 1.48. The van der Waals surface area contributed by atoms with E-state index in [-0.39, 0.29) is 47.7 Å². The number of esters is 1. The van der Waals surface area contributed by atoms with E-state index in [1.54, 1.807) is 30.3 Å². The molecule has 6 fully saturated rings. The minimum atomic E-state index is -2.99. The van der Waals surface area contributed by atoms with Crippen LogP contribution in [0.2, 0.25) is 0 Å². The summed E-state index contributed by atoms with van der Waals surface area (Å²) in [6.45, 7) is 10.9. The maximum Gasteiger partial charge on any atom is 0.305 e. The Morgan fingerprint density at radius 1 is 0.776 bits per heavy atom. The van der Waals surface area contributed by atoms with E-state index in [2.05, 4.69) is 25.7 Å². The molecule has 58 heavy (non-hydrogen) atoms. The van der Waals surface area contributed by atoms with Crippen LogP contribution in [-0.2, 0) is 25.7 Å². The van der Waals surface area contributed by atoms with Gasteiger partial charge in [-0.1, -0.05) is 43.2 Å². The Balaban J connectivity index is 0.836. The highest BCUT2D eigenvalue weighted by Crippen LogP contribution is 2.54. The number of amides is 1. The van der Waals surface area contributed by atoms with Gasteiger partial charge in [0.15, 0.2) is 0 Å². The lowest BCUT2D eigenvalue weighted by Gasteiger charge is -2.54. The Morgan fingerprint density at radius 3 is 2.17 bits per heavy atom. The maximum atomic E-state index is 15.5. The highest BCUT2D eigenvalue weighted by molar-refractivity contribution is 5.88. The molecular formula is C47H64F3N5O3. The summed E-state index contributed by atoms with van der Waals surface area (Å²) in [5.74, 6) is -2.94. The first-order valence-electron chi connectivity index (χ1n) is 22.3. The zero-order valence-electron chi connectivity index (χ0n) is 34.5. The number of hydrogen-bond donors (Lipinski definition) is 0. The molecule has 11 heteroatoms. The van der Waals surface area contributed by atoms with Gasteiger partial charge in [0.2, 0.25) is 5.91 Å². The zero-order chi connectivity index (χ0) is 40.3. The van der Waals surface area contributed by atoms with Gasteiger partial charge in [0, 0.05) is 80.9 Å². The molecule has 2 aromatic rings. The number of carbonyl (C=O) groups excluding carboxylic acids is 2. The molecule has 5 aliphatic heterocycles. The number of piperidine rings is 2. The molecule has 3 atom stereocenters. The van der Waals surface area contributed by atoms with Crippen LogP contribution in [0.15, 0.2) is 60.7 Å². The van der Waals surface area contributed by atoms with Gasteiger partial charge in [0.05, 0.1) is 13.0 Å². The van der Waals surface area contributed by atoms with Crippen LogP contribution in [-0.4, -0.2) is 124 Å². The van der Waals surface area contributed by atoms with Crippen molar-refractivity contribution in [2.45, 2.75) is 75.5 Å². The number of likely N-dealkylation sites (tertiary alicyclic amines) is 4. The molecule has 8 rings (SSSR count). The number of nitrogens with zero attached hydrogens (tertiary/aromatic N) is 5. The number of anilines is 1. The number of methoxy groups -OCH3 is 1. The van der Waals surface area contributed by atoms with E-state index in [0.717, 1.165) is 115 Å². The molecule has 5 heterocycles. The summed E-state index contributed by atoms with van der Waals surface area (Å²) >= 11 is 0. The molecule has 1 saturated carbocycles. The SMILES string of the molecule is COC(=O)C[C@H]1CCC[C@@H]1[C@](CN1CCC1)(c1cccc(F)c1)C1CCN(CC2CN(c3ccc(C(F)(F)C4CN(C(=O)/C=C/CN5CCCCC5)C4)cc3)C2)CC1.